The zero-order chi connectivity index (χ0) is 14.6. The lowest BCUT2D eigenvalue weighted by Gasteiger charge is -2.23. The van der Waals surface area contributed by atoms with Gasteiger partial charge in [-0.15, -0.1) is 0 Å². The van der Waals surface area contributed by atoms with Crippen molar-refractivity contribution in [3.63, 3.8) is 0 Å². The second-order valence-electron chi connectivity index (χ2n) is 5.15. The lowest BCUT2D eigenvalue weighted by atomic mass is 10.1. The average molecular weight is 284 g/mol. The van der Waals surface area contributed by atoms with Gasteiger partial charge >= 0.3 is 0 Å². The number of nitrogens with two attached hydrogens (primary N) is 1. The van der Waals surface area contributed by atoms with Crippen LogP contribution in [0.3, 0.4) is 0 Å². The van der Waals surface area contributed by atoms with Crippen molar-refractivity contribution in [2.24, 2.45) is 11.7 Å². The Bertz CT molecular complexity index is 524. The van der Waals surface area contributed by atoms with Crippen molar-refractivity contribution < 1.29 is 8.42 Å². The molecule has 0 atom stereocenters. The maximum absolute atomic E-state index is 12.6. The topological polar surface area (TPSA) is 63.4 Å². The predicted octanol–water partition coefficient (Wildman–Crippen LogP) is 2.12. The monoisotopic (exact) mass is 284 g/mol. The minimum Gasteiger partial charge on any atom is -0.326 e. The van der Waals surface area contributed by atoms with Gasteiger partial charge in [0.2, 0.25) is 10.0 Å². The van der Waals surface area contributed by atoms with Crippen molar-refractivity contribution in [3.05, 3.63) is 29.3 Å². The van der Waals surface area contributed by atoms with E-state index in [9.17, 15) is 8.42 Å². The van der Waals surface area contributed by atoms with Crippen molar-refractivity contribution in [2.45, 2.75) is 39.1 Å². The Morgan fingerprint density at radius 1 is 1.32 bits per heavy atom. The molecular weight excluding hydrogens is 260 g/mol. The molecule has 108 valence electrons. The van der Waals surface area contributed by atoms with E-state index in [1.54, 1.807) is 12.1 Å². The molecule has 1 rings (SSSR count). The van der Waals surface area contributed by atoms with Crippen LogP contribution < -0.4 is 5.73 Å². The molecule has 0 aromatic heterocycles. The van der Waals surface area contributed by atoms with Crippen molar-refractivity contribution in [1.82, 2.24) is 4.31 Å². The van der Waals surface area contributed by atoms with Gasteiger partial charge in [0.1, 0.15) is 0 Å². The van der Waals surface area contributed by atoms with E-state index < -0.39 is 10.0 Å². The minimum atomic E-state index is -3.41. The van der Waals surface area contributed by atoms with E-state index in [2.05, 4.69) is 0 Å². The molecule has 2 N–H and O–H groups in total. The highest BCUT2D eigenvalue weighted by Crippen LogP contribution is 2.21. The molecular formula is C14H24N2O2S. The van der Waals surface area contributed by atoms with Crippen LogP contribution in [-0.4, -0.2) is 25.8 Å². The molecule has 0 aliphatic heterocycles. The number of aryl methyl sites for hydroxylation is 1. The van der Waals surface area contributed by atoms with Gasteiger partial charge in [-0.05, 0) is 30.0 Å². The Balaban J connectivity index is 3.18. The van der Waals surface area contributed by atoms with Gasteiger partial charge in [-0.2, -0.15) is 4.31 Å². The Labute approximate surface area is 116 Å². The SMILES string of the molecule is CCN(CC(C)C)S(=O)(=O)c1ccc(CN)cc1C. The maximum Gasteiger partial charge on any atom is 0.243 e. The summed E-state index contributed by atoms with van der Waals surface area (Å²) in [7, 11) is -3.41. The van der Waals surface area contributed by atoms with Gasteiger partial charge < -0.3 is 5.73 Å². The van der Waals surface area contributed by atoms with E-state index in [0.29, 0.717) is 30.4 Å². The molecule has 1 aromatic rings. The molecule has 5 heteroatoms. The summed E-state index contributed by atoms with van der Waals surface area (Å²) in [6, 6.07) is 5.29. The van der Waals surface area contributed by atoms with E-state index in [0.717, 1.165) is 11.1 Å². The van der Waals surface area contributed by atoms with Gasteiger partial charge in [0.25, 0.3) is 0 Å². The molecule has 0 heterocycles. The Morgan fingerprint density at radius 3 is 2.37 bits per heavy atom. The summed E-state index contributed by atoms with van der Waals surface area (Å²) in [5.41, 5.74) is 7.27. The third kappa shape index (κ3) is 3.78. The first kappa shape index (κ1) is 16.1. The largest absolute Gasteiger partial charge is 0.326 e. The second kappa shape index (κ2) is 6.50. The van der Waals surface area contributed by atoms with Crippen molar-refractivity contribution in [2.75, 3.05) is 13.1 Å². The van der Waals surface area contributed by atoms with Crippen molar-refractivity contribution >= 4 is 10.0 Å². The summed E-state index contributed by atoms with van der Waals surface area (Å²) in [5.74, 6) is 0.304. The highest BCUT2D eigenvalue weighted by atomic mass is 32.2. The van der Waals surface area contributed by atoms with Gasteiger partial charge in [-0.1, -0.05) is 32.9 Å². The van der Waals surface area contributed by atoms with E-state index in [1.165, 1.54) is 4.31 Å². The lowest BCUT2D eigenvalue weighted by Crippen LogP contribution is -2.34. The van der Waals surface area contributed by atoms with Crippen LogP contribution in [0.4, 0.5) is 0 Å². The fourth-order valence-corrected chi connectivity index (χ4v) is 3.89. The molecule has 1 aromatic carbocycles. The van der Waals surface area contributed by atoms with Gasteiger partial charge in [-0.3, -0.25) is 0 Å². The molecule has 0 radical (unpaired) electrons. The molecule has 0 saturated carbocycles. The minimum absolute atomic E-state index is 0.304. The molecule has 0 saturated heterocycles. The first-order valence-electron chi connectivity index (χ1n) is 6.62. The zero-order valence-corrected chi connectivity index (χ0v) is 13.0. The van der Waals surface area contributed by atoms with Crippen LogP contribution in [0.25, 0.3) is 0 Å². The molecule has 4 nitrogen and oxygen atoms in total. The standard InChI is InChI=1S/C14H24N2O2S/c1-5-16(10-11(2)3)19(17,18)14-7-6-13(9-15)8-12(14)4/h6-8,11H,5,9-10,15H2,1-4H3. The van der Waals surface area contributed by atoms with Crippen LogP contribution in [0.2, 0.25) is 0 Å². The average Bonchev–Trinajstić information content (AvgIpc) is 2.34. The number of nitrogens with zero attached hydrogens (tertiary/aromatic N) is 1. The quantitative estimate of drug-likeness (QED) is 0.870. The maximum atomic E-state index is 12.6. The first-order valence-corrected chi connectivity index (χ1v) is 8.06. The summed E-state index contributed by atoms with van der Waals surface area (Å²) in [6.07, 6.45) is 0. The number of hydrogen-bond donors (Lipinski definition) is 1. The molecule has 19 heavy (non-hydrogen) atoms. The van der Waals surface area contributed by atoms with Gasteiger partial charge in [0, 0.05) is 19.6 Å². The van der Waals surface area contributed by atoms with Crippen LogP contribution in [0.15, 0.2) is 23.1 Å². The molecule has 0 spiro atoms. The Hall–Kier alpha value is -0.910. The van der Waals surface area contributed by atoms with Crippen LogP contribution in [0, 0.1) is 12.8 Å². The van der Waals surface area contributed by atoms with Crippen molar-refractivity contribution in [1.29, 1.82) is 0 Å². The summed E-state index contributed by atoms with van der Waals surface area (Å²) in [5, 5.41) is 0. The smallest absolute Gasteiger partial charge is 0.243 e. The number of benzene rings is 1. The molecule has 0 bridgehead atoms. The predicted molar refractivity (Wildman–Crippen MR) is 78.3 cm³/mol. The van der Waals surface area contributed by atoms with Crippen LogP contribution in [0.1, 0.15) is 31.9 Å². The fraction of sp³-hybridized carbons (Fsp3) is 0.571. The Morgan fingerprint density at radius 2 is 1.95 bits per heavy atom. The third-order valence-corrected chi connectivity index (χ3v) is 5.12. The molecule has 0 amide bonds. The van der Waals surface area contributed by atoms with E-state index in [4.69, 9.17) is 5.73 Å². The number of hydrogen-bond acceptors (Lipinski definition) is 3. The normalized spacial score (nSPS) is 12.4. The first-order chi connectivity index (χ1) is 8.82. The molecule has 0 aliphatic carbocycles. The molecule has 0 unspecified atom stereocenters. The highest BCUT2D eigenvalue weighted by molar-refractivity contribution is 7.89. The lowest BCUT2D eigenvalue weighted by molar-refractivity contribution is 0.380. The summed E-state index contributed by atoms with van der Waals surface area (Å²) in [6.45, 7) is 9.16. The highest BCUT2D eigenvalue weighted by Gasteiger charge is 2.25. The zero-order valence-electron chi connectivity index (χ0n) is 12.2. The Kier molecular flexibility index (Phi) is 5.52. The summed E-state index contributed by atoms with van der Waals surface area (Å²) < 4.78 is 26.8. The summed E-state index contributed by atoms with van der Waals surface area (Å²) >= 11 is 0. The number of rotatable bonds is 6. The van der Waals surface area contributed by atoms with E-state index in [-0.39, 0.29) is 0 Å². The van der Waals surface area contributed by atoms with Crippen LogP contribution >= 0.6 is 0 Å². The van der Waals surface area contributed by atoms with Crippen LogP contribution in [-0.2, 0) is 16.6 Å². The van der Waals surface area contributed by atoms with E-state index >= 15 is 0 Å². The van der Waals surface area contributed by atoms with Gasteiger partial charge in [0.05, 0.1) is 4.90 Å². The second-order valence-corrected chi connectivity index (χ2v) is 7.06. The fourth-order valence-electron chi connectivity index (χ4n) is 2.07. The van der Waals surface area contributed by atoms with Gasteiger partial charge in [0.15, 0.2) is 0 Å². The van der Waals surface area contributed by atoms with Crippen molar-refractivity contribution in [3.8, 4) is 0 Å². The number of sulfonamides is 1. The third-order valence-electron chi connectivity index (χ3n) is 3.01. The van der Waals surface area contributed by atoms with Gasteiger partial charge in [-0.25, -0.2) is 8.42 Å². The van der Waals surface area contributed by atoms with Crippen LogP contribution in [0.5, 0.6) is 0 Å². The molecule has 0 aliphatic rings. The molecule has 0 fully saturated rings. The summed E-state index contributed by atoms with van der Waals surface area (Å²) in [4.78, 5) is 0.382. The van der Waals surface area contributed by atoms with E-state index in [1.807, 2.05) is 33.8 Å².